The Morgan fingerprint density at radius 1 is 0.667 bits per heavy atom. The Bertz CT molecular complexity index is 1060. The van der Waals surface area contributed by atoms with Gasteiger partial charge in [0.15, 0.2) is 5.90 Å². The fourth-order valence-electron chi connectivity index (χ4n) is 4.18. The largest absolute Gasteiger partial charge is 0.449 e. The van der Waals surface area contributed by atoms with Crippen molar-refractivity contribution in [3.8, 4) is 0 Å². The van der Waals surface area contributed by atoms with E-state index in [0.29, 0.717) is 25.7 Å². The predicted molar refractivity (Wildman–Crippen MR) is 140 cm³/mol. The highest BCUT2D eigenvalue weighted by atomic mass is 16.7. The lowest BCUT2D eigenvalue weighted by Crippen LogP contribution is -2.60. The van der Waals surface area contributed by atoms with E-state index in [0.717, 1.165) is 16.7 Å². The molecule has 190 valence electrons. The molecule has 3 aromatic rings. The van der Waals surface area contributed by atoms with Crippen LogP contribution in [0.1, 0.15) is 30.5 Å². The lowest BCUT2D eigenvalue weighted by Gasteiger charge is -2.44. The first kappa shape index (κ1) is 26.0. The third-order valence-corrected chi connectivity index (χ3v) is 6.18. The Morgan fingerprint density at radius 2 is 1.08 bits per heavy atom. The Morgan fingerprint density at radius 3 is 1.53 bits per heavy atom. The van der Waals surface area contributed by atoms with E-state index in [9.17, 15) is 0 Å². The first-order valence-corrected chi connectivity index (χ1v) is 12.4. The minimum absolute atomic E-state index is 0.291. The van der Waals surface area contributed by atoms with E-state index in [1.165, 1.54) is 0 Å². The zero-order valence-electron chi connectivity index (χ0n) is 21.2. The van der Waals surface area contributed by atoms with E-state index in [4.69, 9.17) is 23.7 Å². The molecule has 0 aromatic heterocycles. The van der Waals surface area contributed by atoms with Gasteiger partial charge in [-0.05, 0) is 23.6 Å². The molecule has 1 heterocycles. The minimum Gasteiger partial charge on any atom is -0.449 e. The summed E-state index contributed by atoms with van der Waals surface area (Å²) in [7, 11) is 1.69. The summed E-state index contributed by atoms with van der Waals surface area (Å²) in [5.41, 5.74) is 3.21. The molecule has 0 N–H and O–H groups in total. The molecule has 36 heavy (non-hydrogen) atoms. The molecular weight excluding hydrogens is 454 g/mol. The molecule has 1 aliphatic rings. The van der Waals surface area contributed by atoms with Crippen molar-refractivity contribution in [2.45, 2.75) is 64.4 Å². The van der Waals surface area contributed by atoms with Crippen LogP contribution in [0.4, 0.5) is 0 Å². The van der Waals surface area contributed by atoms with Crippen LogP contribution in [-0.2, 0) is 43.5 Å². The topological polar surface area (TPSA) is 58.5 Å². The van der Waals surface area contributed by atoms with E-state index in [2.05, 4.69) is 4.99 Å². The molecule has 5 atom stereocenters. The molecule has 0 saturated carbocycles. The highest BCUT2D eigenvalue weighted by molar-refractivity contribution is 5.73. The summed E-state index contributed by atoms with van der Waals surface area (Å²) in [5.74, 6) is 0.519. The van der Waals surface area contributed by atoms with Crippen LogP contribution in [0, 0.1) is 0 Å². The van der Waals surface area contributed by atoms with Crippen molar-refractivity contribution < 1.29 is 23.7 Å². The summed E-state index contributed by atoms with van der Waals surface area (Å²) < 4.78 is 31.8. The van der Waals surface area contributed by atoms with Crippen LogP contribution in [0.25, 0.3) is 0 Å². The minimum atomic E-state index is -0.690. The molecular formula is C30H35NO5. The summed E-state index contributed by atoms with van der Waals surface area (Å²) >= 11 is 0. The highest BCUT2D eigenvalue weighted by Gasteiger charge is 2.48. The van der Waals surface area contributed by atoms with Gasteiger partial charge in [-0.15, -0.1) is 0 Å². The van der Waals surface area contributed by atoms with Crippen molar-refractivity contribution in [3.63, 3.8) is 0 Å². The second kappa shape index (κ2) is 13.3. The van der Waals surface area contributed by atoms with E-state index >= 15 is 0 Å². The SMILES string of the molecule is CN=C(C)O[C@H]1O[C@@H](C)[C@@H](OCc2ccccc2)[C@@H](OCc2ccccc2)[C@@H]1OCc1ccccc1. The van der Waals surface area contributed by atoms with Crippen molar-refractivity contribution in [2.75, 3.05) is 7.05 Å². The Balaban J connectivity index is 1.59. The standard InChI is InChI=1S/C30H35NO5/c1-22-27(32-19-24-13-7-4-8-14-24)28(33-20-25-15-9-5-10-16-25)29(30(35-22)36-23(2)31-3)34-21-26-17-11-6-12-18-26/h4-18,22,27-30H,19-21H2,1-3H3/t22-,27+,28+,29-,30+/m0/s1. The van der Waals surface area contributed by atoms with Crippen LogP contribution in [0.5, 0.6) is 0 Å². The van der Waals surface area contributed by atoms with E-state index in [-0.39, 0.29) is 12.2 Å². The molecule has 0 aliphatic carbocycles. The van der Waals surface area contributed by atoms with Gasteiger partial charge in [-0.25, -0.2) is 0 Å². The second-order valence-electron chi connectivity index (χ2n) is 8.85. The van der Waals surface area contributed by atoms with E-state index < -0.39 is 18.5 Å². The number of ether oxygens (including phenoxy) is 5. The summed E-state index contributed by atoms with van der Waals surface area (Å²) in [5, 5.41) is 0. The molecule has 0 spiro atoms. The maximum absolute atomic E-state index is 6.54. The molecule has 0 amide bonds. The molecule has 0 bridgehead atoms. The van der Waals surface area contributed by atoms with Gasteiger partial charge in [0.1, 0.15) is 18.3 Å². The van der Waals surface area contributed by atoms with Gasteiger partial charge in [-0.3, -0.25) is 4.99 Å². The number of hydrogen-bond acceptors (Lipinski definition) is 6. The predicted octanol–water partition coefficient (Wildman–Crippen LogP) is 5.55. The highest BCUT2D eigenvalue weighted by Crippen LogP contribution is 2.31. The van der Waals surface area contributed by atoms with Crippen LogP contribution >= 0.6 is 0 Å². The molecule has 6 heteroatoms. The number of benzene rings is 3. The van der Waals surface area contributed by atoms with Crippen molar-refractivity contribution in [1.82, 2.24) is 0 Å². The van der Waals surface area contributed by atoms with Gasteiger partial charge in [0.05, 0.1) is 25.9 Å². The first-order chi connectivity index (χ1) is 17.6. The van der Waals surface area contributed by atoms with Crippen LogP contribution < -0.4 is 0 Å². The Labute approximate surface area is 213 Å². The molecule has 6 nitrogen and oxygen atoms in total. The van der Waals surface area contributed by atoms with Crippen LogP contribution in [0.2, 0.25) is 0 Å². The molecule has 4 rings (SSSR count). The number of aliphatic imine (C=N–C) groups is 1. The molecule has 0 radical (unpaired) electrons. The summed E-state index contributed by atoms with van der Waals surface area (Å²) in [4.78, 5) is 4.16. The normalized spacial score (nSPS) is 24.4. The molecule has 3 aromatic carbocycles. The lowest BCUT2D eigenvalue weighted by atomic mass is 9.98. The number of nitrogens with zero attached hydrogens (tertiary/aromatic N) is 1. The molecule has 1 saturated heterocycles. The van der Waals surface area contributed by atoms with Gasteiger partial charge in [0.25, 0.3) is 0 Å². The van der Waals surface area contributed by atoms with Gasteiger partial charge >= 0.3 is 0 Å². The van der Waals surface area contributed by atoms with Gasteiger partial charge in [-0.1, -0.05) is 91.0 Å². The van der Waals surface area contributed by atoms with E-state index in [1.807, 2.05) is 97.9 Å². The van der Waals surface area contributed by atoms with Crippen molar-refractivity contribution in [1.29, 1.82) is 0 Å². The third-order valence-electron chi connectivity index (χ3n) is 6.18. The Kier molecular flexibility index (Phi) is 9.64. The lowest BCUT2D eigenvalue weighted by molar-refractivity contribution is -0.303. The fraction of sp³-hybridized carbons (Fsp3) is 0.367. The van der Waals surface area contributed by atoms with Crippen molar-refractivity contribution >= 4 is 5.90 Å². The maximum atomic E-state index is 6.54. The number of hydrogen-bond donors (Lipinski definition) is 0. The Hall–Kier alpha value is -3.03. The summed E-state index contributed by atoms with van der Waals surface area (Å²) in [6.45, 7) is 5.04. The van der Waals surface area contributed by atoms with Crippen molar-refractivity contribution in [3.05, 3.63) is 108 Å². The van der Waals surface area contributed by atoms with Gasteiger partial charge in [0, 0.05) is 14.0 Å². The molecule has 0 unspecified atom stereocenters. The zero-order valence-corrected chi connectivity index (χ0v) is 21.2. The van der Waals surface area contributed by atoms with Crippen LogP contribution in [0.15, 0.2) is 96.0 Å². The average molecular weight is 490 g/mol. The third kappa shape index (κ3) is 7.24. The quantitative estimate of drug-likeness (QED) is 0.276. The smallest absolute Gasteiger partial charge is 0.230 e. The van der Waals surface area contributed by atoms with Gasteiger partial charge < -0.3 is 23.7 Å². The molecule has 1 aliphatic heterocycles. The molecule has 1 fully saturated rings. The maximum Gasteiger partial charge on any atom is 0.230 e. The van der Waals surface area contributed by atoms with Gasteiger partial charge in [0.2, 0.25) is 6.29 Å². The summed E-state index contributed by atoms with van der Waals surface area (Å²) in [6, 6.07) is 30.2. The van der Waals surface area contributed by atoms with Gasteiger partial charge in [-0.2, -0.15) is 0 Å². The number of rotatable bonds is 10. The van der Waals surface area contributed by atoms with Crippen molar-refractivity contribution in [2.24, 2.45) is 4.99 Å². The average Bonchev–Trinajstić information content (AvgIpc) is 2.92. The first-order valence-electron chi connectivity index (χ1n) is 12.4. The second-order valence-corrected chi connectivity index (χ2v) is 8.85. The fourth-order valence-corrected chi connectivity index (χ4v) is 4.18. The van der Waals surface area contributed by atoms with Crippen LogP contribution in [0.3, 0.4) is 0 Å². The van der Waals surface area contributed by atoms with E-state index in [1.54, 1.807) is 14.0 Å². The monoisotopic (exact) mass is 489 g/mol. The zero-order chi connectivity index (χ0) is 25.2. The van der Waals surface area contributed by atoms with Crippen LogP contribution in [-0.4, -0.2) is 43.7 Å². The summed E-state index contributed by atoms with van der Waals surface area (Å²) in [6.07, 6.45) is -2.32.